The summed E-state index contributed by atoms with van der Waals surface area (Å²) in [6.07, 6.45) is 5.43. The minimum absolute atomic E-state index is 0.333. The lowest BCUT2D eigenvalue weighted by Gasteiger charge is -2.25. The van der Waals surface area contributed by atoms with Crippen LogP contribution >= 0.6 is 0 Å². The fraction of sp³-hybridized carbons (Fsp3) is 0.467. The quantitative estimate of drug-likeness (QED) is 0.513. The number of rotatable bonds is 7. The molecule has 0 aliphatic rings. The monoisotopic (exact) mass is 248 g/mol. The molecule has 1 rings (SSSR count). The first-order valence-electron chi connectivity index (χ1n) is 6.34. The van der Waals surface area contributed by atoms with E-state index in [0.717, 1.165) is 19.3 Å². The summed E-state index contributed by atoms with van der Waals surface area (Å²) in [5.74, 6) is 0. The van der Waals surface area contributed by atoms with Crippen molar-refractivity contribution in [3.05, 3.63) is 48.6 Å². The highest BCUT2D eigenvalue weighted by atomic mass is 28.4. The Morgan fingerprint density at radius 1 is 1.24 bits per heavy atom. The SMILES string of the molecule is C=CC[C@H](CCc1ccccc1)O[Si](C)(C)C. The molecule has 2 heteroatoms. The molecule has 0 unspecified atom stereocenters. The summed E-state index contributed by atoms with van der Waals surface area (Å²) in [6, 6.07) is 10.6. The highest BCUT2D eigenvalue weighted by molar-refractivity contribution is 6.69. The van der Waals surface area contributed by atoms with Gasteiger partial charge in [0, 0.05) is 6.10 Å². The first-order valence-corrected chi connectivity index (χ1v) is 9.75. The maximum Gasteiger partial charge on any atom is 0.184 e. The van der Waals surface area contributed by atoms with Gasteiger partial charge >= 0.3 is 0 Å². The van der Waals surface area contributed by atoms with Gasteiger partial charge in [0.05, 0.1) is 0 Å². The van der Waals surface area contributed by atoms with E-state index in [1.807, 2.05) is 6.08 Å². The number of benzene rings is 1. The van der Waals surface area contributed by atoms with Gasteiger partial charge in [-0.25, -0.2) is 0 Å². The van der Waals surface area contributed by atoms with Crippen LogP contribution < -0.4 is 0 Å². The average Bonchev–Trinajstić information content (AvgIpc) is 2.26. The maximum atomic E-state index is 6.17. The highest BCUT2D eigenvalue weighted by Gasteiger charge is 2.20. The van der Waals surface area contributed by atoms with Gasteiger partial charge in [0.2, 0.25) is 0 Å². The van der Waals surface area contributed by atoms with E-state index in [0.29, 0.717) is 6.10 Å². The first kappa shape index (κ1) is 14.2. The molecule has 1 aromatic rings. The summed E-state index contributed by atoms with van der Waals surface area (Å²) in [4.78, 5) is 0. The Balaban J connectivity index is 2.47. The van der Waals surface area contributed by atoms with Crippen LogP contribution in [0.5, 0.6) is 0 Å². The van der Waals surface area contributed by atoms with Crippen molar-refractivity contribution in [3.8, 4) is 0 Å². The summed E-state index contributed by atoms with van der Waals surface area (Å²) in [7, 11) is -1.44. The molecule has 1 nitrogen and oxygen atoms in total. The zero-order valence-corrected chi connectivity index (χ0v) is 12.3. The molecule has 17 heavy (non-hydrogen) atoms. The third-order valence-corrected chi connectivity index (χ3v) is 3.59. The fourth-order valence-corrected chi connectivity index (χ4v) is 3.10. The van der Waals surface area contributed by atoms with Gasteiger partial charge in [-0.05, 0) is 44.5 Å². The van der Waals surface area contributed by atoms with Crippen LogP contribution in [0.1, 0.15) is 18.4 Å². The summed E-state index contributed by atoms with van der Waals surface area (Å²) in [5.41, 5.74) is 1.39. The van der Waals surface area contributed by atoms with Crippen LogP contribution in [0.4, 0.5) is 0 Å². The Kier molecular flexibility index (Phi) is 5.66. The van der Waals surface area contributed by atoms with Gasteiger partial charge in [0.25, 0.3) is 0 Å². The molecule has 0 spiro atoms. The second-order valence-electron chi connectivity index (χ2n) is 5.40. The standard InChI is InChI=1S/C15H24OSi/c1-5-9-15(16-17(2,3)4)13-12-14-10-7-6-8-11-14/h5-8,10-11,15H,1,9,12-13H2,2-4H3/t15-/m1/s1. The lowest BCUT2D eigenvalue weighted by molar-refractivity contribution is 0.187. The van der Waals surface area contributed by atoms with Crippen LogP contribution in [0.25, 0.3) is 0 Å². The molecule has 0 radical (unpaired) electrons. The van der Waals surface area contributed by atoms with Gasteiger partial charge in [-0.1, -0.05) is 36.4 Å². The van der Waals surface area contributed by atoms with Crippen molar-refractivity contribution in [1.82, 2.24) is 0 Å². The van der Waals surface area contributed by atoms with E-state index in [-0.39, 0.29) is 0 Å². The summed E-state index contributed by atoms with van der Waals surface area (Å²) >= 11 is 0. The van der Waals surface area contributed by atoms with Gasteiger partial charge in [-0.15, -0.1) is 6.58 Å². The fourth-order valence-electron chi connectivity index (χ4n) is 1.88. The van der Waals surface area contributed by atoms with Crippen molar-refractivity contribution in [2.75, 3.05) is 0 Å². The molecular weight excluding hydrogens is 224 g/mol. The van der Waals surface area contributed by atoms with Crippen LogP contribution in [0.15, 0.2) is 43.0 Å². The Labute approximate surface area is 107 Å². The summed E-state index contributed by atoms with van der Waals surface area (Å²) in [6.45, 7) is 10.5. The summed E-state index contributed by atoms with van der Waals surface area (Å²) in [5, 5.41) is 0. The molecule has 0 saturated heterocycles. The van der Waals surface area contributed by atoms with Crippen LogP contribution in [0, 0.1) is 0 Å². The Hall–Kier alpha value is -0.863. The molecule has 0 aliphatic heterocycles. The van der Waals surface area contributed by atoms with Crippen LogP contribution in [0.2, 0.25) is 19.6 Å². The molecule has 0 N–H and O–H groups in total. The molecule has 0 aliphatic carbocycles. The molecule has 0 aromatic heterocycles. The van der Waals surface area contributed by atoms with E-state index >= 15 is 0 Å². The number of hydrogen-bond acceptors (Lipinski definition) is 1. The zero-order chi connectivity index (χ0) is 12.7. The van der Waals surface area contributed by atoms with Crippen molar-refractivity contribution in [2.45, 2.75) is 45.0 Å². The zero-order valence-electron chi connectivity index (χ0n) is 11.3. The topological polar surface area (TPSA) is 9.23 Å². The van der Waals surface area contributed by atoms with Gasteiger partial charge in [-0.3, -0.25) is 0 Å². The van der Waals surface area contributed by atoms with E-state index in [1.165, 1.54) is 5.56 Å². The highest BCUT2D eigenvalue weighted by Crippen LogP contribution is 2.16. The molecular formula is C15H24OSi. The molecule has 0 amide bonds. The molecule has 1 atom stereocenters. The molecule has 0 saturated carbocycles. The molecule has 94 valence electrons. The van der Waals surface area contributed by atoms with Crippen molar-refractivity contribution in [2.24, 2.45) is 0 Å². The van der Waals surface area contributed by atoms with Crippen molar-refractivity contribution in [1.29, 1.82) is 0 Å². The Morgan fingerprint density at radius 3 is 2.41 bits per heavy atom. The van der Waals surface area contributed by atoms with E-state index in [9.17, 15) is 0 Å². The van der Waals surface area contributed by atoms with Crippen molar-refractivity contribution < 1.29 is 4.43 Å². The second-order valence-corrected chi connectivity index (χ2v) is 9.86. The molecule has 0 bridgehead atoms. The van der Waals surface area contributed by atoms with Crippen LogP contribution in [0.3, 0.4) is 0 Å². The first-order chi connectivity index (χ1) is 8.01. The maximum absolute atomic E-state index is 6.17. The molecule has 1 aromatic carbocycles. The predicted octanol–water partition coefficient (Wildman–Crippen LogP) is 4.42. The third-order valence-electron chi connectivity index (χ3n) is 2.55. The van der Waals surface area contributed by atoms with E-state index in [1.54, 1.807) is 0 Å². The third kappa shape index (κ3) is 6.44. The van der Waals surface area contributed by atoms with Gasteiger partial charge in [-0.2, -0.15) is 0 Å². The predicted molar refractivity (Wildman–Crippen MR) is 77.8 cm³/mol. The summed E-state index contributed by atoms with van der Waals surface area (Å²) < 4.78 is 6.17. The Morgan fingerprint density at radius 2 is 1.88 bits per heavy atom. The largest absolute Gasteiger partial charge is 0.414 e. The normalized spacial score (nSPS) is 13.4. The minimum atomic E-state index is -1.44. The average molecular weight is 248 g/mol. The number of hydrogen-bond donors (Lipinski definition) is 0. The van der Waals surface area contributed by atoms with Crippen LogP contribution in [-0.2, 0) is 10.8 Å². The van der Waals surface area contributed by atoms with Gasteiger partial charge < -0.3 is 4.43 Å². The lowest BCUT2D eigenvalue weighted by atomic mass is 10.1. The van der Waals surface area contributed by atoms with E-state index < -0.39 is 8.32 Å². The smallest absolute Gasteiger partial charge is 0.184 e. The molecule has 0 fully saturated rings. The number of aryl methyl sites for hydroxylation is 1. The molecule has 0 heterocycles. The Bertz CT molecular complexity index is 327. The van der Waals surface area contributed by atoms with Crippen molar-refractivity contribution in [3.63, 3.8) is 0 Å². The van der Waals surface area contributed by atoms with E-state index in [2.05, 4.69) is 56.6 Å². The second kappa shape index (κ2) is 6.77. The van der Waals surface area contributed by atoms with Crippen molar-refractivity contribution >= 4 is 8.32 Å². The van der Waals surface area contributed by atoms with Gasteiger partial charge in [0.1, 0.15) is 0 Å². The van der Waals surface area contributed by atoms with Gasteiger partial charge in [0.15, 0.2) is 8.32 Å². The van der Waals surface area contributed by atoms with Crippen LogP contribution in [-0.4, -0.2) is 14.4 Å². The lowest BCUT2D eigenvalue weighted by Crippen LogP contribution is -2.32. The minimum Gasteiger partial charge on any atom is -0.414 e. The van der Waals surface area contributed by atoms with E-state index in [4.69, 9.17) is 4.43 Å².